The number of carbonyl (C=O) groups excluding carboxylic acids is 3. The van der Waals surface area contributed by atoms with Gasteiger partial charge in [-0.3, -0.25) is 17.9 Å². The molecule has 0 spiro atoms. The van der Waals surface area contributed by atoms with E-state index in [-0.39, 0.29) is 25.2 Å². The SMILES string of the molecule is O=C(O)CC[C@H](NC(=O)N[C@@H](CCC(=O)NCCCCCCCC(=O)NCCOCCOCCOCCNI)C(=O)O)C(=O)O. The molecule has 0 saturated carbocycles. The Morgan fingerprint density at radius 2 is 1.02 bits per heavy atom. The summed E-state index contributed by atoms with van der Waals surface area (Å²) in [6.45, 7) is 4.60. The molecule has 0 aliphatic heterocycles. The summed E-state index contributed by atoms with van der Waals surface area (Å²) in [5.41, 5.74) is 0. The number of hydrogen-bond acceptors (Lipinski definition) is 10. The molecule has 8 N–H and O–H groups in total. The molecule has 45 heavy (non-hydrogen) atoms. The van der Waals surface area contributed by atoms with E-state index in [2.05, 4.69) is 42.3 Å². The number of unbranched alkanes of at least 4 members (excludes halogenated alkanes) is 4. The standard InChI is InChI=1S/C27H48IN5O12/c28-31-13-15-44-17-19-45-18-16-43-14-12-30-22(34)6-4-2-1-3-5-11-29-23(35)9-7-20(25(38)39)32-27(42)33-21(26(40)41)8-10-24(36)37/h20-21,31H,1-19H2,(H,29,35)(H,30,34)(H,36,37)(H,38,39)(H,40,41)(H2,32,33,42)/t20-,21-/m0/s1. The van der Waals surface area contributed by atoms with E-state index < -0.39 is 48.4 Å². The van der Waals surface area contributed by atoms with Crippen molar-refractivity contribution >= 4 is 58.6 Å². The summed E-state index contributed by atoms with van der Waals surface area (Å²) in [7, 11) is 0. The van der Waals surface area contributed by atoms with Gasteiger partial charge in [0.1, 0.15) is 12.1 Å². The lowest BCUT2D eigenvalue weighted by Gasteiger charge is -2.18. The Hall–Kier alpha value is -2.81. The highest BCUT2D eigenvalue weighted by Crippen LogP contribution is 2.06. The number of carbonyl (C=O) groups is 6. The Kier molecular flexibility index (Phi) is 26.9. The fourth-order valence-corrected chi connectivity index (χ4v) is 3.90. The molecular weight excluding hydrogens is 713 g/mol. The van der Waals surface area contributed by atoms with Crippen molar-refractivity contribution in [2.24, 2.45) is 0 Å². The predicted molar refractivity (Wildman–Crippen MR) is 169 cm³/mol. The van der Waals surface area contributed by atoms with Crippen LogP contribution >= 0.6 is 22.9 Å². The van der Waals surface area contributed by atoms with E-state index in [1.165, 1.54) is 0 Å². The van der Waals surface area contributed by atoms with E-state index in [0.29, 0.717) is 65.6 Å². The fourth-order valence-electron chi connectivity index (χ4n) is 3.68. The second kappa shape index (κ2) is 28.6. The normalized spacial score (nSPS) is 12.1. The molecule has 0 fully saturated rings. The zero-order valence-corrected chi connectivity index (χ0v) is 27.6. The van der Waals surface area contributed by atoms with Crippen LogP contribution in [0.5, 0.6) is 0 Å². The molecule has 18 heteroatoms. The monoisotopic (exact) mass is 761 g/mol. The highest BCUT2D eigenvalue weighted by molar-refractivity contribution is 14.1. The maximum Gasteiger partial charge on any atom is 0.326 e. The van der Waals surface area contributed by atoms with E-state index in [0.717, 1.165) is 32.2 Å². The van der Waals surface area contributed by atoms with Gasteiger partial charge in [0.05, 0.1) is 39.6 Å². The molecule has 0 aromatic carbocycles. The number of halogens is 1. The molecule has 0 unspecified atom stereocenters. The molecule has 0 aliphatic rings. The number of amides is 4. The van der Waals surface area contributed by atoms with Crippen LogP contribution in [0.2, 0.25) is 0 Å². The number of rotatable bonds is 30. The van der Waals surface area contributed by atoms with Gasteiger partial charge in [0, 0.05) is 61.8 Å². The van der Waals surface area contributed by atoms with Crippen molar-refractivity contribution in [3.05, 3.63) is 0 Å². The Bertz CT molecular complexity index is 883. The first-order valence-electron chi connectivity index (χ1n) is 14.9. The number of carboxylic acid groups (broad SMARTS) is 3. The summed E-state index contributed by atoms with van der Waals surface area (Å²) >= 11 is 2.06. The van der Waals surface area contributed by atoms with E-state index in [1.807, 2.05) is 5.32 Å². The molecule has 0 bridgehead atoms. The molecule has 0 aliphatic carbocycles. The fraction of sp³-hybridized carbons (Fsp3) is 0.778. The highest BCUT2D eigenvalue weighted by atomic mass is 127. The Morgan fingerprint density at radius 1 is 0.556 bits per heavy atom. The van der Waals surface area contributed by atoms with Crippen LogP contribution in [0.15, 0.2) is 0 Å². The van der Waals surface area contributed by atoms with Crippen molar-refractivity contribution in [2.75, 3.05) is 59.3 Å². The van der Waals surface area contributed by atoms with Crippen LogP contribution in [0.1, 0.15) is 64.2 Å². The van der Waals surface area contributed by atoms with Gasteiger partial charge in [0.2, 0.25) is 11.8 Å². The Labute approximate surface area is 276 Å². The van der Waals surface area contributed by atoms with E-state index >= 15 is 0 Å². The Morgan fingerprint density at radius 3 is 1.58 bits per heavy atom. The van der Waals surface area contributed by atoms with Gasteiger partial charge in [0.25, 0.3) is 0 Å². The summed E-state index contributed by atoms with van der Waals surface area (Å²) in [5.74, 6) is -4.54. The second-order valence-corrected chi connectivity index (χ2v) is 10.6. The average Bonchev–Trinajstić information content (AvgIpc) is 2.98. The lowest BCUT2D eigenvalue weighted by atomic mass is 10.1. The maximum atomic E-state index is 12.1. The topological polar surface area (TPSA) is 251 Å². The largest absolute Gasteiger partial charge is 0.481 e. The molecule has 4 amide bonds. The third kappa shape index (κ3) is 27.2. The smallest absolute Gasteiger partial charge is 0.326 e. The molecule has 0 radical (unpaired) electrons. The van der Waals surface area contributed by atoms with E-state index in [9.17, 15) is 33.9 Å². The first kappa shape index (κ1) is 42.2. The van der Waals surface area contributed by atoms with Crippen LogP contribution in [0, 0.1) is 0 Å². The van der Waals surface area contributed by atoms with Gasteiger partial charge in [-0.1, -0.05) is 19.3 Å². The molecule has 0 heterocycles. The van der Waals surface area contributed by atoms with Crippen molar-refractivity contribution in [3.8, 4) is 0 Å². The summed E-state index contributed by atoms with van der Waals surface area (Å²) in [6.07, 6.45) is 3.17. The number of hydrogen-bond donors (Lipinski definition) is 8. The third-order valence-corrected chi connectivity index (χ3v) is 6.61. The minimum Gasteiger partial charge on any atom is -0.481 e. The van der Waals surface area contributed by atoms with E-state index in [1.54, 1.807) is 0 Å². The molecule has 2 atom stereocenters. The van der Waals surface area contributed by atoms with Gasteiger partial charge in [0.15, 0.2) is 0 Å². The molecule has 260 valence electrons. The molecule has 0 aromatic heterocycles. The van der Waals surface area contributed by atoms with Crippen molar-refractivity contribution in [1.82, 2.24) is 24.8 Å². The zero-order chi connectivity index (χ0) is 33.7. The molecule has 17 nitrogen and oxygen atoms in total. The van der Waals surface area contributed by atoms with Gasteiger partial charge in [-0.2, -0.15) is 0 Å². The first-order chi connectivity index (χ1) is 21.6. The second-order valence-electron chi connectivity index (χ2n) is 9.81. The first-order valence-corrected chi connectivity index (χ1v) is 16.0. The predicted octanol–water partition coefficient (Wildman–Crippen LogP) is 0.399. The maximum absolute atomic E-state index is 12.1. The quantitative estimate of drug-likeness (QED) is 0.0281. The van der Waals surface area contributed by atoms with Crippen LogP contribution in [0.4, 0.5) is 4.79 Å². The van der Waals surface area contributed by atoms with Crippen LogP contribution in [0.25, 0.3) is 0 Å². The van der Waals surface area contributed by atoms with Crippen molar-refractivity contribution in [2.45, 2.75) is 76.3 Å². The van der Waals surface area contributed by atoms with Crippen LogP contribution in [0.3, 0.4) is 0 Å². The number of nitrogens with one attached hydrogen (secondary N) is 5. The zero-order valence-electron chi connectivity index (χ0n) is 25.5. The van der Waals surface area contributed by atoms with Crippen molar-refractivity contribution in [1.29, 1.82) is 0 Å². The average molecular weight is 762 g/mol. The number of carboxylic acids is 3. The highest BCUT2D eigenvalue weighted by Gasteiger charge is 2.25. The third-order valence-electron chi connectivity index (χ3n) is 6.07. The van der Waals surface area contributed by atoms with Gasteiger partial charge >= 0.3 is 23.9 Å². The molecule has 0 aromatic rings. The minimum absolute atomic E-state index is 0.0354. The lowest BCUT2D eigenvalue weighted by Crippen LogP contribution is -2.51. The molecular formula is C27H48IN5O12. The van der Waals surface area contributed by atoms with Crippen LogP contribution in [-0.2, 0) is 38.2 Å². The summed E-state index contributed by atoms with van der Waals surface area (Å²) in [6, 6.07) is -4.05. The van der Waals surface area contributed by atoms with E-state index in [4.69, 9.17) is 24.4 Å². The summed E-state index contributed by atoms with van der Waals surface area (Å²) in [4.78, 5) is 69.3. The van der Waals surface area contributed by atoms with Crippen LogP contribution < -0.4 is 24.8 Å². The van der Waals surface area contributed by atoms with Gasteiger partial charge in [-0.15, -0.1) is 0 Å². The number of urea groups is 1. The van der Waals surface area contributed by atoms with Crippen molar-refractivity contribution in [3.63, 3.8) is 0 Å². The van der Waals surface area contributed by atoms with Gasteiger partial charge in [-0.05, 0) is 25.7 Å². The van der Waals surface area contributed by atoms with Gasteiger partial charge < -0.3 is 50.8 Å². The lowest BCUT2D eigenvalue weighted by molar-refractivity contribution is -0.141. The van der Waals surface area contributed by atoms with Gasteiger partial charge in [-0.25, -0.2) is 14.4 Å². The minimum atomic E-state index is -1.51. The van der Waals surface area contributed by atoms with Crippen LogP contribution in [-0.4, -0.2) is 122 Å². The summed E-state index contributed by atoms with van der Waals surface area (Å²) < 4.78 is 19.1. The number of aliphatic carboxylic acids is 3. The Balaban J connectivity index is 3.82. The number of ether oxygens (including phenoxy) is 3. The molecule has 0 rings (SSSR count). The van der Waals surface area contributed by atoms with Crippen molar-refractivity contribution < 1.29 is 58.3 Å². The molecule has 0 saturated heterocycles. The summed E-state index contributed by atoms with van der Waals surface area (Å²) in [5, 5.41) is 36.7.